The Hall–Kier alpha value is -4.19. The first-order valence-electron chi connectivity index (χ1n) is 32.5. The Kier molecular flexibility index (Phi) is 61.8. The second-order valence-electron chi connectivity index (χ2n) is 21.3. The summed E-state index contributed by atoms with van der Waals surface area (Å²) in [6.45, 7) is 6.47. The fourth-order valence-corrected chi connectivity index (χ4v) is 8.83. The number of rotatable bonds is 58. The Morgan fingerprint density at radius 3 is 0.821 bits per heavy atom. The van der Waals surface area contributed by atoms with Crippen LogP contribution >= 0.6 is 0 Å². The van der Waals surface area contributed by atoms with E-state index in [-0.39, 0.29) is 31.1 Å². The maximum atomic E-state index is 12.8. The van der Waals surface area contributed by atoms with Crippen LogP contribution in [0.2, 0.25) is 0 Å². The number of esters is 3. The zero-order valence-corrected chi connectivity index (χ0v) is 50.9. The molecule has 0 bridgehead atoms. The van der Waals surface area contributed by atoms with E-state index in [1.54, 1.807) is 0 Å². The lowest BCUT2D eigenvalue weighted by Gasteiger charge is -2.18. The summed E-state index contributed by atoms with van der Waals surface area (Å²) >= 11 is 0. The van der Waals surface area contributed by atoms with Gasteiger partial charge < -0.3 is 14.2 Å². The zero-order valence-electron chi connectivity index (χ0n) is 50.9. The molecule has 0 aromatic rings. The van der Waals surface area contributed by atoms with Gasteiger partial charge in [0.25, 0.3) is 0 Å². The fraction of sp³-hybridized carbons (Fsp3) is 0.681. The summed E-state index contributed by atoms with van der Waals surface area (Å²) in [5.41, 5.74) is 0. The molecule has 0 saturated carbocycles. The number of allylic oxidation sites excluding steroid dienone is 20. The lowest BCUT2D eigenvalue weighted by molar-refractivity contribution is -0.167. The highest BCUT2D eigenvalue weighted by Gasteiger charge is 2.19. The summed E-state index contributed by atoms with van der Waals surface area (Å²) in [6, 6.07) is 0. The van der Waals surface area contributed by atoms with Gasteiger partial charge in [0.1, 0.15) is 13.2 Å². The highest BCUT2D eigenvalue weighted by molar-refractivity contribution is 5.71. The number of carbonyl (C=O) groups is 3. The first kappa shape index (κ1) is 73.8. The molecule has 1 unspecified atom stereocenters. The van der Waals surface area contributed by atoms with Crippen molar-refractivity contribution in [2.45, 2.75) is 303 Å². The minimum Gasteiger partial charge on any atom is -0.462 e. The Labute approximate surface area is 482 Å². The molecule has 444 valence electrons. The lowest BCUT2D eigenvalue weighted by Crippen LogP contribution is -2.30. The molecular formula is C72H120O6. The molecule has 1 atom stereocenters. The van der Waals surface area contributed by atoms with Gasteiger partial charge in [0.15, 0.2) is 6.10 Å². The maximum absolute atomic E-state index is 12.8. The van der Waals surface area contributed by atoms with Crippen LogP contribution in [0.5, 0.6) is 0 Å². The minimum absolute atomic E-state index is 0.0832. The predicted octanol–water partition coefficient (Wildman–Crippen LogP) is 22.4. The van der Waals surface area contributed by atoms with Crippen LogP contribution in [0, 0.1) is 0 Å². The van der Waals surface area contributed by atoms with Gasteiger partial charge in [-0.3, -0.25) is 14.4 Å². The van der Waals surface area contributed by atoms with Crippen molar-refractivity contribution in [3.63, 3.8) is 0 Å². The van der Waals surface area contributed by atoms with Gasteiger partial charge in [-0.15, -0.1) is 0 Å². The van der Waals surface area contributed by atoms with Gasteiger partial charge in [-0.25, -0.2) is 0 Å². The van der Waals surface area contributed by atoms with E-state index in [0.29, 0.717) is 19.3 Å². The van der Waals surface area contributed by atoms with E-state index in [4.69, 9.17) is 14.2 Å². The van der Waals surface area contributed by atoms with Crippen LogP contribution in [0.1, 0.15) is 297 Å². The molecule has 0 aromatic carbocycles. The van der Waals surface area contributed by atoms with E-state index < -0.39 is 6.10 Å². The van der Waals surface area contributed by atoms with Crippen LogP contribution in [0.25, 0.3) is 0 Å². The zero-order chi connectivity index (χ0) is 56.4. The van der Waals surface area contributed by atoms with E-state index in [1.165, 1.54) is 122 Å². The van der Waals surface area contributed by atoms with E-state index in [0.717, 1.165) is 135 Å². The highest BCUT2D eigenvalue weighted by atomic mass is 16.6. The molecular weight excluding hydrogens is 961 g/mol. The van der Waals surface area contributed by atoms with Gasteiger partial charge in [-0.2, -0.15) is 0 Å². The Balaban J connectivity index is 4.18. The average molecular weight is 1080 g/mol. The highest BCUT2D eigenvalue weighted by Crippen LogP contribution is 2.16. The first-order chi connectivity index (χ1) is 38.5. The molecule has 0 N–H and O–H groups in total. The van der Waals surface area contributed by atoms with Crippen LogP contribution in [0.3, 0.4) is 0 Å². The smallest absolute Gasteiger partial charge is 0.306 e. The second-order valence-corrected chi connectivity index (χ2v) is 21.3. The summed E-state index contributed by atoms with van der Waals surface area (Å²) in [7, 11) is 0. The van der Waals surface area contributed by atoms with Crippen molar-refractivity contribution >= 4 is 17.9 Å². The molecule has 0 aliphatic heterocycles. The van der Waals surface area contributed by atoms with Crippen LogP contribution in [-0.2, 0) is 28.6 Å². The summed E-state index contributed by atoms with van der Waals surface area (Å²) < 4.78 is 16.9. The molecule has 0 rings (SSSR count). The molecule has 0 amide bonds. The van der Waals surface area contributed by atoms with E-state index in [1.807, 2.05) is 0 Å². The summed E-state index contributed by atoms with van der Waals surface area (Å²) in [4.78, 5) is 38.2. The van der Waals surface area contributed by atoms with Crippen molar-refractivity contribution in [3.05, 3.63) is 122 Å². The number of carbonyl (C=O) groups excluding carboxylic acids is 3. The van der Waals surface area contributed by atoms with Crippen molar-refractivity contribution in [2.24, 2.45) is 0 Å². The minimum atomic E-state index is -0.787. The third-order valence-corrected chi connectivity index (χ3v) is 13.7. The molecule has 0 spiro atoms. The van der Waals surface area contributed by atoms with E-state index in [2.05, 4.69) is 142 Å². The monoisotopic (exact) mass is 1080 g/mol. The summed E-state index contributed by atoms with van der Waals surface area (Å²) in [5.74, 6) is -0.898. The van der Waals surface area contributed by atoms with Gasteiger partial charge in [0.05, 0.1) is 0 Å². The van der Waals surface area contributed by atoms with E-state index in [9.17, 15) is 14.4 Å². The Morgan fingerprint density at radius 1 is 0.269 bits per heavy atom. The topological polar surface area (TPSA) is 78.9 Å². The molecule has 0 heterocycles. The summed E-state index contributed by atoms with van der Waals surface area (Å²) in [5, 5.41) is 0. The SMILES string of the molecule is CC/C=C\C/C=C\C/C=C\C/C=C\C/C=C\C/C=C\C/C=C\C/C=C\CCCCCCCCCCCCC(=O)OCC(COC(=O)CCCCCCCCCCCCC)OC(=O)CCCCCCC/C=C\C/C=C\CCCC. The van der Waals surface area contributed by atoms with E-state index >= 15 is 0 Å². The standard InChI is InChI=1S/C72H120O6/c1-4-7-10-13-16-19-22-24-26-27-28-29-30-31-32-33-34-35-36-37-38-39-40-41-42-43-44-45-46-48-50-53-56-59-62-65-71(74)77-68-69(67-76-70(73)64-61-58-55-52-49-21-18-15-12-9-6-3)78-72(75)66-63-60-57-54-51-47-25-23-20-17-14-11-8-5-2/h7,10,14,16-17,19,23-26,28-29,31-32,34-35,37-38,40-41,69H,4-6,8-9,11-13,15,18,20-22,27,30,33,36,39,42-68H2,1-3H3/b10-7-,17-14-,19-16-,25-23-,26-24-,29-28-,32-31-,35-34-,38-37-,41-40-. The van der Waals surface area contributed by atoms with Gasteiger partial charge in [0.2, 0.25) is 0 Å². The normalized spacial score (nSPS) is 12.9. The molecule has 0 aliphatic carbocycles. The van der Waals surface area contributed by atoms with Crippen molar-refractivity contribution in [2.75, 3.05) is 13.2 Å². The van der Waals surface area contributed by atoms with Crippen LogP contribution in [0.4, 0.5) is 0 Å². The second kappa shape index (κ2) is 65.3. The van der Waals surface area contributed by atoms with Gasteiger partial charge in [-0.1, -0.05) is 290 Å². The van der Waals surface area contributed by atoms with Gasteiger partial charge in [-0.05, 0) is 109 Å². The lowest BCUT2D eigenvalue weighted by atomic mass is 10.1. The van der Waals surface area contributed by atoms with Crippen LogP contribution in [-0.4, -0.2) is 37.2 Å². The third-order valence-electron chi connectivity index (χ3n) is 13.7. The number of unbranched alkanes of at least 4 members (excludes halogenated alkanes) is 27. The molecule has 78 heavy (non-hydrogen) atoms. The largest absolute Gasteiger partial charge is 0.462 e. The number of hydrogen-bond acceptors (Lipinski definition) is 6. The molecule has 0 saturated heterocycles. The average Bonchev–Trinajstić information content (AvgIpc) is 3.44. The number of hydrogen-bond donors (Lipinski definition) is 0. The first-order valence-corrected chi connectivity index (χ1v) is 32.5. The molecule has 6 heteroatoms. The van der Waals surface area contributed by atoms with Gasteiger partial charge in [0, 0.05) is 19.3 Å². The van der Waals surface area contributed by atoms with Crippen molar-refractivity contribution in [1.82, 2.24) is 0 Å². The molecule has 0 radical (unpaired) electrons. The van der Waals surface area contributed by atoms with Crippen molar-refractivity contribution in [3.8, 4) is 0 Å². The fourth-order valence-electron chi connectivity index (χ4n) is 8.83. The molecule has 0 fully saturated rings. The Morgan fingerprint density at radius 2 is 0.513 bits per heavy atom. The van der Waals surface area contributed by atoms with Crippen molar-refractivity contribution in [1.29, 1.82) is 0 Å². The van der Waals surface area contributed by atoms with Crippen LogP contribution in [0.15, 0.2) is 122 Å². The number of ether oxygens (including phenoxy) is 3. The Bertz CT molecular complexity index is 1620. The summed E-state index contributed by atoms with van der Waals surface area (Å²) in [6.07, 6.45) is 90.7. The quantitative estimate of drug-likeness (QED) is 0.0261. The molecule has 0 aliphatic rings. The maximum Gasteiger partial charge on any atom is 0.306 e. The third kappa shape index (κ3) is 62.7. The molecule has 6 nitrogen and oxygen atoms in total. The predicted molar refractivity (Wildman–Crippen MR) is 339 cm³/mol. The van der Waals surface area contributed by atoms with Gasteiger partial charge >= 0.3 is 17.9 Å². The molecule has 0 aromatic heterocycles. The van der Waals surface area contributed by atoms with Crippen molar-refractivity contribution < 1.29 is 28.6 Å². The van der Waals surface area contributed by atoms with Crippen LogP contribution < -0.4 is 0 Å².